The molecule has 398 valence electrons. The van der Waals surface area contributed by atoms with Crippen LogP contribution >= 0.6 is 0 Å². The molecule has 0 aromatic rings. The van der Waals surface area contributed by atoms with Gasteiger partial charge < -0.3 is 14.2 Å². The van der Waals surface area contributed by atoms with Crippen LogP contribution in [0.3, 0.4) is 0 Å². The zero-order valence-electron chi connectivity index (χ0n) is 45.6. The number of ether oxygens (including phenoxy) is 3. The van der Waals surface area contributed by atoms with Crippen molar-refractivity contribution in [3.05, 3.63) is 36.5 Å². The van der Waals surface area contributed by atoms with Crippen LogP contribution in [0, 0.1) is 0 Å². The summed E-state index contributed by atoms with van der Waals surface area (Å²) in [5.41, 5.74) is 0. The Labute approximate surface area is 423 Å². The van der Waals surface area contributed by atoms with E-state index < -0.39 is 6.10 Å². The Morgan fingerprint density at radius 1 is 0.279 bits per heavy atom. The molecule has 0 aliphatic carbocycles. The lowest BCUT2D eigenvalue weighted by Crippen LogP contribution is -2.30. The van der Waals surface area contributed by atoms with Crippen molar-refractivity contribution in [2.45, 2.75) is 329 Å². The summed E-state index contributed by atoms with van der Waals surface area (Å²) in [6.45, 7) is 6.65. The monoisotopic (exact) mass is 955 g/mol. The van der Waals surface area contributed by atoms with Crippen LogP contribution in [0.2, 0.25) is 0 Å². The van der Waals surface area contributed by atoms with Crippen molar-refractivity contribution in [2.75, 3.05) is 13.2 Å². The van der Waals surface area contributed by atoms with Crippen LogP contribution in [0.4, 0.5) is 0 Å². The van der Waals surface area contributed by atoms with Gasteiger partial charge >= 0.3 is 17.9 Å². The number of carbonyl (C=O) groups excluding carboxylic acids is 3. The molecule has 0 saturated carbocycles. The van der Waals surface area contributed by atoms with Crippen molar-refractivity contribution in [3.63, 3.8) is 0 Å². The van der Waals surface area contributed by atoms with Crippen LogP contribution in [-0.2, 0) is 28.6 Å². The highest BCUT2D eigenvalue weighted by atomic mass is 16.6. The molecular formula is C62H114O6. The Bertz CT molecular complexity index is 1140. The molecule has 0 fully saturated rings. The third-order valence-electron chi connectivity index (χ3n) is 13.3. The Morgan fingerprint density at radius 3 is 0.750 bits per heavy atom. The fraction of sp³-hybridized carbons (Fsp3) is 0.855. The summed E-state index contributed by atoms with van der Waals surface area (Å²) >= 11 is 0. The topological polar surface area (TPSA) is 78.9 Å². The van der Waals surface area contributed by atoms with Gasteiger partial charge in [0.25, 0.3) is 0 Å². The van der Waals surface area contributed by atoms with Crippen LogP contribution in [-0.4, -0.2) is 37.2 Å². The van der Waals surface area contributed by atoms with Gasteiger partial charge in [0.15, 0.2) is 6.10 Å². The lowest BCUT2D eigenvalue weighted by atomic mass is 10.1. The SMILES string of the molecule is CCCCCCCCC/C=C\CCCCCC(=O)OCC(COC(=O)CCCCCCC/C=C\CCCCCCCCCCC)OC(=O)CCCCCCC/C=C\CCCCCCCCCCC. The van der Waals surface area contributed by atoms with Gasteiger partial charge in [0.2, 0.25) is 0 Å². The van der Waals surface area contributed by atoms with Gasteiger partial charge in [-0.1, -0.05) is 243 Å². The maximum atomic E-state index is 12.9. The van der Waals surface area contributed by atoms with E-state index >= 15 is 0 Å². The average molecular weight is 956 g/mol. The van der Waals surface area contributed by atoms with Gasteiger partial charge in [0, 0.05) is 19.3 Å². The number of unbranched alkanes of at least 4 members (excludes halogenated alkanes) is 38. The van der Waals surface area contributed by atoms with Crippen LogP contribution in [0.25, 0.3) is 0 Å². The highest BCUT2D eigenvalue weighted by molar-refractivity contribution is 5.71. The van der Waals surface area contributed by atoms with Gasteiger partial charge in [-0.3, -0.25) is 14.4 Å². The normalized spacial score (nSPS) is 12.2. The molecular weight excluding hydrogens is 841 g/mol. The third-order valence-corrected chi connectivity index (χ3v) is 13.3. The Morgan fingerprint density at radius 2 is 0.485 bits per heavy atom. The minimum absolute atomic E-state index is 0.0823. The molecule has 68 heavy (non-hydrogen) atoms. The summed E-state index contributed by atoms with van der Waals surface area (Å²) in [6.07, 6.45) is 68.5. The Hall–Kier alpha value is -2.37. The van der Waals surface area contributed by atoms with Crippen LogP contribution in [0.5, 0.6) is 0 Å². The van der Waals surface area contributed by atoms with Crippen molar-refractivity contribution < 1.29 is 28.6 Å². The third kappa shape index (κ3) is 54.6. The van der Waals surface area contributed by atoms with E-state index in [0.717, 1.165) is 83.5 Å². The molecule has 0 N–H and O–H groups in total. The van der Waals surface area contributed by atoms with Gasteiger partial charge in [0.1, 0.15) is 13.2 Å². The molecule has 1 unspecified atom stereocenters. The lowest BCUT2D eigenvalue weighted by molar-refractivity contribution is -0.167. The van der Waals surface area contributed by atoms with E-state index in [1.807, 2.05) is 0 Å². The van der Waals surface area contributed by atoms with Gasteiger partial charge in [-0.05, 0) is 96.3 Å². The average Bonchev–Trinajstić information content (AvgIpc) is 3.34. The first-order chi connectivity index (χ1) is 33.5. The van der Waals surface area contributed by atoms with Gasteiger partial charge in [0.05, 0.1) is 0 Å². The zero-order valence-corrected chi connectivity index (χ0v) is 45.6. The van der Waals surface area contributed by atoms with E-state index in [0.29, 0.717) is 19.3 Å². The summed E-state index contributed by atoms with van der Waals surface area (Å²) in [6, 6.07) is 0. The summed E-state index contributed by atoms with van der Waals surface area (Å²) in [5.74, 6) is -0.897. The van der Waals surface area contributed by atoms with E-state index in [1.54, 1.807) is 0 Å². The molecule has 6 nitrogen and oxygen atoms in total. The summed E-state index contributed by atoms with van der Waals surface area (Å²) in [5, 5.41) is 0. The van der Waals surface area contributed by atoms with Crippen molar-refractivity contribution in [1.29, 1.82) is 0 Å². The molecule has 0 aromatic heterocycles. The first kappa shape index (κ1) is 65.6. The van der Waals surface area contributed by atoms with Crippen LogP contribution in [0.1, 0.15) is 323 Å². The maximum absolute atomic E-state index is 12.9. The highest BCUT2D eigenvalue weighted by Gasteiger charge is 2.19. The van der Waals surface area contributed by atoms with E-state index in [9.17, 15) is 14.4 Å². The second kappa shape index (κ2) is 57.2. The van der Waals surface area contributed by atoms with Gasteiger partial charge in [-0.15, -0.1) is 0 Å². The predicted molar refractivity (Wildman–Crippen MR) is 293 cm³/mol. The number of rotatable bonds is 55. The van der Waals surface area contributed by atoms with E-state index in [-0.39, 0.29) is 31.1 Å². The number of carbonyl (C=O) groups is 3. The fourth-order valence-electron chi connectivity index (χ4n) is 8.78. The molecule has 0 amide bonds. The summed E-state index contributed by atoms with van der Waals surface area (Å²) in [7, 11) is 0. The zero-order chi connectivity index (χ0) is 49.3. The second-order valence-electron chi connectivity index (χ2n) is 20.2. The van der Waals surface area contributed by atoms with Crippen molar-refractivity contribution in [3.8, 4) is 0 Å². The van der Waals surface area contributed by atoms with Crippen molar-refractivity contribution in [2.24, 2.45) is 0 Å². The predicted octanol–water partition coefficient (Wildman–Crippen LogP) is 20.0. The maximum Gasteiger partial charge on any atom is 0.306 e. The minimum Gasteiger partial charge on any atom is -0.462 e. The first-order valence-electron chi connectivity index (χ1n) is 30.0. The first-order valence-corrected chi connectivity index (χ1v) is 30.0. The van der Waals surface area contributed by atoms with E-state index in [1.165, 1.54) is 199 Å². The smallest absolute Gasteiger partial charge is 0.306 e. The van der Waals surface area contributed by atoms with Gasteiger partial charge in [-0.2, -0.15) is 0 Å². The largest absolute Gasteiger partial charge is 0.462 e. The van der Waals surface area contributed by atoms with Crippen molar-refractivity contribution >= 4 is 17.9 Å². The van der Waals surface area contributed by atoms with E-state index in [2.05, 4.69) is 57.2 Å². The van der Waals surface area contributed by atoms with Gasteiger partial charge in [-0.25, -0.2) is 0 Å². The molecule has 0 aliphatic heterocycles. The minimum atomic E-state index is -0.785. The standard InChI is InChI=1S/C62H114O6/c1-4-7-10-13-16-19-22-25-28-30-32-34-37-40-43-46-49-52-55-61(64)67-58-59(57-66-60(63)54-51-48-45-42-39-36-27-24-21-18-15-12-9-6-3)68-62(65)56-53-50-47-44-41-38-35-33-31-29-26-23-20-17-14-11-8-5-2/h32-36,39,59H,4-31,37-38,40-58H2,1-3H3/b34-32-,35-33-,39-36-. The lowest BCUT2D eigenvalue weighted by Gasteiger charge is -2.18. The van der Waals surface area contributed by atoms with Crippen LogP contribution in [0.15, 0.2) is 36.5 Å². The molecule has 0 spiro atoms. The number of hydrogen-bond donors (Lipinski definition) is 0. The fourth-order valence-corrected chi connectivity index (χ4v) is 8.78. The quantitative estimate of drug-likeness (QED) is 0.0262. The molecule has 0 rings (SSSR count). The molecule has 6 heteroatoms. The Kier molecular flexibility index (Phi) is 55.2. The van der Waals surface area contributed by atoms with E-state index in [4.69, 9.17) is 14.2 Å². The molecule has 0 heterocycles. The molecule has 0 aliphatic rings. The Balaban J connectivity index is 4.38. The second-order valence-corrected chi connectivity index (χ2v) is 20.2. The van der Waals surface area contributed by atoms with Crippen LogP contribution < -0.4 is 0 Å². The molecule has 0 radical (unpaired) electrons. The molecule has 0 bridgehead atoms. The summed E-state index contributed by atoms with van der Waals surface area (Å²) < 4.78 is 16.9. The number of esters is 3. The number of hydrogen-bond acceptors (Lipinski definition) is 6. The highest BCUT2D eigenvalue weighted by Crippen LogP contribution is 2.16. The van der Waals surface area contributed by atoms with Crippen molar-refractivity contribution in [1.82, 2.24) is 0 Å². The molecule has 1 atom stereocenters. The number of allylic oxidation sites excluding steroid dienone is 6. The summed E-state index contributed by atoms with van der Waals surface area (Å²) in [4.78, 5) is 38.2. The molecule has 0 aromatic carbocycles. The molecule has 0 saturated heterocycles.